The minimum Gasteiger partial charge on any atom is -0.378 e. The summed E-state index contributed by atoms with van der Waals surface area (Å²) in [5, 5.41) is 18.0. The molecule has 0 fully saturated rings. The first-order valence-corrected chi connectivity index (χ1v) is 6.40. The number of nitrogens with one attached hydrogen (secondary N) is 1. The van der Waals surface area contributed by atoms with E-state index in [-0.39, 0.29) is 10.6 Å². The summed E-state index contributed by atoms with van der Waals surface area (Å²) in [6.45, 7) is 1.25. The summed E-state index contributed by atoms with van der Waals surface area (Å²) in [4.78, 5) is 10.5. The van der Waals surface area contributed by atoms with Crippen LogP contribution in [0.3, 0.4) is 0 Å². The summed E-state index contributed by atoms with van der Waals surface area (Å²) in [7, 11) is 0. The summed E-state index contributed by atoms with van der Waals surface area (Å²) in [5.74, 6) is 0. The monoisotopic (exact) mass is 358 g/mol. The fourth-order valence-electron chi connectivity index (χ4n) is 1.54. The first-order valence-electron chi connectivity index (χ1n) is 5.32. The lowest BCUT2D eigenvalue weighted by molar-refractivity contribution is -0.384. The normalized spacial score (nSPS) is 10.3. The van der Waals surface area contributed by atoms with E-state index < -0.39 is 0 Å². The molecule has 0 unspecified atom stereocenters. The lowest BCUT2D eigenvalue weighted by Gasteiger charge is -2.07. The summed E-state index contributed by atoms with van der Waals surface area (Å²) in [6, 6.07) is 6.96. The van der Waals surface area contributed by atoms with E-state index in [4.69, 9.17) is 0 Å². The quantitative estimate of drug-likeness (QED) is 0.507. The summed E-state index contributed by atoms with van der Waals surface area (Å²) in [6.07, 6.45) is 3.55. The third kappa shape index (κ3) is 3.19. The van der Waals surface area contributed by atoms with Gasteiger partial charge < -0.3 is 5.32 Å². The van der Waals surface area contributed by atoms with E-state index >= 15 is 0 Å². The van der Waals surface area contributed by atoms with E-state index in [9.17, 15) is 10.1 Å². The van der Waals surface area contributed by atoms with Crippen molar-refractivity contribution in [3.05, 3.63) is 50.3 Å². The van der Waals surface area contributed by atoms with Crippen molar-refractivity contribution in [2.24, 2.45) is 0 Å². The molecule has 0 aliphatic carbocycles. The Morgan fingerprint density at radius 3 is 3.00 bits per heavy atom. The van der Waals surface area contributed by atoms with Crippen LogP contribution < -0.4 is 5.32 Å². The van der Waals surface area contributed by atoms with E-state index in [2.05, 4.69) is 33.0 Å². The molecule has 0 saturated carbocycles. The highest BCUT2D eigenvalue weighted by Crippen LogP contribution is 2.25. The number of hydrogen-bond acceptors (Lipinski definition) is 4. The maximum Gasteiger partial charge on any atom is 0.293 e. The number of anilines is 1. The Morgan fingerprint density at radius 2 is 2.33 bits per heavy atom. The first-order chi connectivity index (χ1) is 8.66. The van der Waals surface area contributed by atoms with E-state index in [1.807, 2.05) is 18.3 Å². The molecule has 0 aliphatic rings. The van der Waals surface area contributed by atoms with Crippen LogP contribution in [0, 0.1) is 13.7 Å². The maximum atomic E-state index is 10.9. The molecule has 1 N–H and O–H groups in total. The van der Waals surface area contributed by atoms with Crippen LogP contribution in [0.4, 0.5) is 11.4 Å². The number of halogens is 1. The van der Waals surface area contributed by atoms with E-state index in [0.29, 0.717) is 18.8 Å². The molecule has 7 heteroatoms. The molecule has 6 nitrogen and oxygen atoms in total. The molecule has 0 amide bonds. The van der Waals surface area contributed by atoms with Gasteiger partial charge in [0.25, 0.3) is 5.69 Å². The smallest absolute Gasteiger partial charge is 0.293 e. The molecule has 1 heterocycles. The molecule has 0 bridgehead atoms. The SMILES string of the molecule is O=[N+]([O-])c1cc(I)ccc1NCCn1cccn1. The van der Waals surface area contributed by atoms with Crippen LogP contribution in [0.25, 0.3) is 0 Å². The van der Waals surface area contributed by atoms with Gasteiger partial charge in [-0.05, 0) is 40.8 Å². The largest absolute Gasteiger partial charge is 0.378 e. The molecule has 1 aromatic carbocycles. The Morgan fingerprint density at radius 1 is 1.50 bits per heavy atom. The number of nitro benzene ring substituents is 1. The molecular formula is C11H11IN4O2. The fourth-order valence-corrected chi connectivity index (χ4v) is 2.02. The predicted molar refractivity (Wildman–Crippen MR) is 76.5 cm³/mol. The molecule has 0 radical (unpaired) electrons. The Labute approximate surface area is 117 Å². The zero-order chi connectivity index (χ0) is 13.0. The van der Waals surface area contributed by atoms with Crippen molar-refractivity contribution in [3.63, 3.8) is 0 Å². The third-order valence-corrected chi connectivity index (χ3v) is 3.04. The Balaban J connectivity index is 2.02. The van der Waals surface area contributed by atoms with Gasteiger partial charge in [-0.25, -0.2) is 0 Å². The van der Waals surface area contributed by atoms with Crippen LogP contribution in [-0.2, 0) is 6.54 Å². The zero-order valence-electron chi connectivity index (χ0n) is 9.41. The van der Waals surface area contributed by atoms with Crippen molar-refractivity contribution in [3.8, 4) is 0 Å². The van der Waals surface area contributed by atoms with Crippen molar-refractivity contribution < 1.29 is 4.92 Å². The molecule has 94 valence electrons. The number of nitrogens with zero attached hydrogens (tertiary/aromatic N) is 3. The Kier molecular flexibility index (Phi) is 4.13. The topological polar surface area (TPSA) is 73.0 Å². The van der Waals surface area contributed by atoms with Crippen molar-refractivity contribution in [2.45, 2.75) is 6.54 Å². The van der Waals surface area contributed by atoms with Crippen molar-refractivity contribution >= 4 is 34.0 Å². The van der Waals surface area contributed by atoms with Gasteiger partial charge in [-0.15, -0.1) is 0 Å². The molecule has 1 aromatic heterocycles. The van der Waals surface area contributed by atoms with Gasteiger partial charge in [0.1, 0.15) is 5.69 Å². The summed E-state index contributed by atoms with van der Waals surface area (Å²) in [5.41, 5.74) is 0.634. The van der Waals surface area contributed by atoms with E-state index in [0.717, 1.165) is 3.57 Å². The van der Waals surface area contributed by atoms with Crippen LogP contribution in [0.2, 0.25) is 0 Å². The zero-order valence-corrected chi connectivity index (χ0v) is 11.6. The molecule has 18 heavy (non-hydrogen) atoms. The van der Waals surface area contributed by atoms with Crippen molar-refractivity contribution in [1.29, 1.82) is 0 Å². The lowest BCUT2D eigenvalue weighted by atomic mass is 10.2. The fraction of sp³-hybridized carbons (Fsp3) is 0.182. The summed E-state index contributed by atoms with van der Waals surface area (Å²) < 4.78 is 2.61. The lowest BCUT2D eigenvalue weighted by Crippen LogP contribution is -2.11. The molecule has 0 aliphatic heterocycles. The van der Waals surface area contributed by atoms with Gasteiger partial charge in [-0.2, -0.15) is 5.10 Å². The number of aromatic nitrogens is 2. The predicted octanol–water partition coefficient (Wildman–Crippen LogP) is 2.51. The van der Waals surface area contributed by atoms with Crippen LogP contribution in [0.15, 0.2) is 36.7 Å². The third-order valence-electron chi connectivity index (χ3n) is 2.37. The number of nitro groups is 1. The second-order valence-corrected chi connectivity index (χ2v) is 4.86. The molecular weight excluding hydrogens is 347 g/mol. The van der Waals surface area contributed by atoms with Crippen LogP contribution in [-0.4, -0.2) is 21.2 Å². The van der Waals surface area contributed by atoms with Gasteiger partial charge in [0.2, 0.25) is 0 Å². The average Bonchev–Trinajstić information content (AvgIpc) is 2.84. The minimum atomic E-state index is -0.377. The number of benzene rings is 1. The van der Waals surface area contributed by atoms with Gasteiger partial charge in [-0.3, -0.25) is 14.8 Å². The molecule has 2 rings (SSSR count). The van der Waals surface area contributed by atoms with Gasteiger partial charge >= 0.3 is 0 Å². The second-order valence-electron chi connectivity index (χ2n) is 3.61. The Bertz CT molecular complexity index is 542. The van der Waals surface area contributed by atoms with Crippen molar-refractivity contribution in [1.82, 2.24) is 9.78 Å². The van der Waals surface area contributed by atoms with Crippen LogP contribution in [0.1, 0.15) is 0 Å². The van der Waals surface area contributed by atoms with Gasteiger partial charge in [0.15, 0.2) is 0 Å². The van der Waals surface area contributed by atoms with Gasteiger partial charge in [-0.1, -0.05) is 0 Å². The summed E-state index contributed by atoms with van der Waals surface area (Å²) >= 11 is 2.06. The average molecular weight is 358 g/mol. The highest BCUT2D eigenvalue weighted by atomic mass is 127. The highest BCUT2D eigenvalue weighted by Gasteiger charge is 2.13. The number of hydrogen-bond donors (Lipinski definition) is 1. The standard InChI is InChI=1S/C11H11IN4O2/c12-9-2-3-10(11(8-9)16(17)18)13-5-7-15-6-1-4-14-15/h1-4,6,8,13H,5,7H2. The van der Waals surface area contributed by atoms with E-state index in [1.165, 1.54) is 0 Å². The van der Waals surface area contributed by atoms with Crippen LogP contribution in [0.5, 0.6) is 0 Å². The van der Waals surface area contributed by atoms with Gasteiger partial charge in [0, 0.05) is 28.6 Å². The van der Waals surface area contributed by atoms with Gasteiger partial charge in [0.05, 0.1) is 11.5 Å². The second kappa shape index (κ2) is 5.80. The highest BCUT2D eigenvalue weighted by molar-refractivity contribution is 14.1. The first kappa shape index (κ1) is 12.8. The number of rotatable bonds is 5. The van der Waals surface area contributed by atoms with Crippen LogP contribution >= 0.6 is 22.6 Å². The molecule has 2 aromatic rings. The van der Waals surface area contributed by atoms with E-state index in [1.54, 1.807) is 23.0 Å². The molecule has 0 atom stereocenters. The molecule has 0 saturated heterocycles. The maximum absolute atomic E-state index is 10.9. The Hall–Kier alpha value is -1.64. The molecule has 0 spiro atoms. The van der Waals surface area contributed by atoms with Crippen molar-refractivity contribution in [2.75, 3.05) is 11.9 Å². The minimum absolute atomic E-state index is 0.0994.